The van der Waals surface area contributed by atoms with Gasteiger partial charge in [0.15, 0.2) is 0 Å². The molecular weight excluding hydrogens is 443 g/mol. The second-order valence-corrected chi connectivity index (χ2v) is 8.13. The van der Waals surface area contributed by atoms with Crippen molar-refractivity contribution < 1.29 is 8.42 Å². The summed E-state index contributed by atoms with van der Waals surface area (Å²) in [7, 11) is -3.82. The van der Waals surface area contributed by atoms with Crippen LogP contribution in [0.2, 0.25) is 5.02 Å². The van der Waals surface area contributed by atoms with Crippen molar-refractivity contribution in [2.75, 3.05) is 10.5 Å². The van der Waals surface area contributed by atoms with E-state index in [0.717, 1.165) is 5.56 Å². The molecule has 4 nitrogen and oxygen atoms in total. The molecule has 0 aliphatic rings. The van der Waals surface area contributed by atoms with E-state index >= 15 is 0 Å². The number of nitrogen functional groups attached to an aromatic ring is 1. The molecule has 0 spiro atoms. The monoisotopic (exact) mass is 452 g/mol. The van der Waals surface area contributed by atoms with Crippen molar-refractivity contribution in [3.05, 3.63) is 49.9 Å². The van der Waals surface area contributed by atoms with Crippen LogP contribution in [-0.4, -0.2) is 8.42 Å². The van der Waals surface area contributed by atoms with E-state index in [1.54, 1.807) is 12.1 Å². The first-order valence-electron chi connectivity index (χ1n) is 5.74. The molecule has 0 amide bonds. The van der Waals surface area contributed by atoms with Gasteiger partial charge in [0.25, 0.3) is 10.0 Å². The van der Waals surface area contributed by atoms with Gasteiger partial charge in [-0.15, -0.1) is 0 Å². The highest BCUT2D eigenvalue weighted by molar-refractivity contribution is 9.11. The van der Waals surface area contributed by atoms with E-state index in [1.807, 2.05) is 13.0 Å². The first kappa shape index (κ1) is 16.6. The van der Waals surface area contributed by atoms with E-state index in [1.165, 1.54) is 12.1 Å². The molecule has 0 aliphatic heterocycles. The summed E-state index contributed by atoms with van der Waals surface area (Å²) in [6.45, 7) is 1.87. The number of nitrogens with two attached hydrogens (primary N) is 1. The van der Waals surface area contributed by atoms with Gasteiger partial charge in [-0.25, -0.2) is 8.42 Å². The lowest BCUT2D eigenvalue weighted by Crippen LogP contribution is -2.14. The molecule has 0 fully saturated rings. The summed E-state index contributed by atoms with van der Waals surface area (Å²) in [6, 6.07) is 8.19. The average molecular weight is 455 g/mol. The highest BCUT2D eigenvalue weighted by Gasteiger charge is 2.21. The van der Waals surface area contributed by atoms with Crippen LogP contribution < -0.4 is 10.5 Å². The lowest BCUT2D eigenvalue weighted by Gasteiger charge is -2.13. The molecular formula is C13H11Br2ClN2O2S. The van der Waals surface area contributed by atoms with Gasteiger partial charge in [0.1, 0.15) is 4.90 Å². The third-order valence-corrected chi connectivity index (χ3v) is 6.13. The molecule has 0 bridgehead atoms. The molecule has 2 rings (SSSR count). The topological polar surface area (TPSA) is 72.2 Å². The Morgan fingerprint density at radius 2 is 1.86 bits per heavy atom. The number of anilines is 2. The highest BCUT2D eigenvalue weighted by Crippen LogP contribution is 2.33. The van der Waals surface area contributed by atoms with E-state index in [4.69, 9.17) is 17.3 Å². The largest absolute Gasteiger partial charge is 0.398 e. The number of nitrogens with one attached hydrogen (secondary N) is 1. The van der Waals surface area contributed by atoms with Crippen molar-refractivity contribution in [1.82, 2.24) is 0 Å². The minimum atomic E-state index is -3.82. The highest BCUT2D eigenvalue weighted by atomic mass is 79.9. The average Bonchev–Trinajstić information content (AvgIpc) is 2.37. The molecule has 2 aromatic carbocycles. The van der Waals surface area contributed by atoms with Crippen molar-refractivity contribution in [2.45, 2.75) is 11.8 Å². The minimum Gasteiger partial charge on any atom is -0.398 e. The molecule has 0 radical (unpaired) electrons. The first-order valence-corrected chi connectivity index (χ1v) is 9.19. The molecule has 112 valence electrons. The maximum Gasteiger partial charge on any atom is 0.263 e. The second-order valence-electron chi connectivity index (χ2n) is 4.40. The van der Waals surface area contributed by atoms with Gasteiger partial charge in [-0.3, -0.25) is 4.72 Å². The summed E-state index contributed by atoms with van der Waals surface area (Å²) < 4.78 is 28.5. The third kappa shape index (κ3) is 3.71. The molecule has 0 aliphatic carbocycles. The van der Waals surface area contributed by atoms with Crippen molar-refractivity contribution in [2.24, 2.45) is 0 Å². The molecule has 0 heterocycles. The predicted octanol–water partition coefficient (Wildman–Crippen LogP) is 4.56. The van der Waals surface area contributed by atoms with Gasteiger partial charge in [-0.2, -0.15) is 0 Å². The van der Waals surface area contributed by atoms with E-state index in [-0.39, 0.29) is 20.1 Å². The number of hydrogen-bond donors (Lipinski definition) is 2. The zero-order chi connectivity index (χ0) is 15.8. The Kier molecular flexibility index (Phi) is 4.87. The third-order valence-electron chi connectivity index (χ3n) is 2.69. The Hall–Kier alpha value is -0.760. The Morgan fingerprint density at radius 1 is 1.19 bits per heavy atom. The number of rotatable bonds is 3. The molecule has 21 heavy (non-hydrogen) atoms. The molecule has 0 saturated carbocycles. The van der Waals surface area contributed by atoms with Crippen LogP contribution in [0.4, 0.5) is 11.4 Å². The predicted molar refractivity (Wildman–Crippen MR) is 93.3 cm³/mol. The van der Waals surface area contributed by atoms with Crippen LogP contribution in [0.1, 0.15) is 5.56 Å². The molecule has 0 atom stereocenters. The van der Waals surface area contributed by atoms with Gasteiger partial charge in [0.2, 0.25) is 0 Å². The summed E-state index contributed by atoms with van der Waals surface area (Å²) in [5, 5.41) is 0.249. The number of hydrogen-bond acceptors (Lipinski definition) is 3. The van der Waals surface area contributed by atoms with Crippen LogP contribution >= 0.6 is 43.5 Å². The van der Waals surface area contributed by atoms with Crippen molar-refractivity contribution >= 4 is 64.9 Å². The standard InChI is InChI=1S/C13H11Br2ClN2O2S/c1-7-2-3-9(14)11(4-7)18-21(19,20)12-6-8(16)5-10(17)13(12)15/h2-6,18H,17H2,1H3. The van der Waals surface area contributed by atoms with E-state index in [0.29, 0.717) is 10.2 Å². The molecule has 3 N–H and O–H groups in total. The van der Waals surface area contributed by atoms with E-state index < -0.39 is 10.0 Å². The van der Waals surface area contributed by atoms with E-state index in [2.05, 4.69) is 36.6 Å². The van der Waals surface area contributed by atoms with Gasteiger partial charge in [0.05, 0.1) is 10.2 Å². The fraction of sp³-hybridized carbons (Fsp3) is 0.0769. The number of sulfonamides is 1. The maximum absolute atomic E-state index is 12.5. The fourth-order valence-corrected chi connectivity index (χ4v) is 4.54. The summed E-state index contributed by atoms with van der Waals surface area (Å²) in [6.07, 6.45) is 0. The zero-order valence-corrected chi connectivity index (χ0v) is 15.6. The van der Waals surface area contributed by atoms with Crippen LogP contribution in [0.15, 0.2) is 44.2 Å². The molecule has 0 aromatic heterocycles. The van der Waals surface area contributed by atoms with Gasteiger partial charge >= 0.3 is 0 Å². The summed E-state index contributed by atoms with van der Waals surface area (Å²) in [4.78, 5) is -0.0130. The van der Waals surface area contributed by atoms with E-state index in [9.17, 15) is 8.42 Å². The summed E-state index contributed by atoms with van der Waals surface area (Å²) >= 11 is 12.4. The van der Waals surface area contributed by atoms with Gasteiger partial charge in [-0.1, -0.05) is 17.7 Å². The van der Waals surface area contributed by atoms with Crippen LogP contribution in [0.25, 0.3) is 0 Å². The van der Waals surface area contributed by atoms with Crippen LogP contribution in [-0.2, 0) is 10.0 Å². The second kappa shape index (κ2) is 6.16. The van der Waals surface area contributed by atoms with Crippen molar-refractivity contribution in [1.29, 1.82) is 0 Å². The Morgan fingerprint density at radius 3 is 2.52 bits per heavy atom. The lowest BCUT2D eigenvalue weighted by molar-refractivity contribution is 0.601. The Labute approximate surface area is 145 Å². The quantitative estimate of drug-likeness (QED) is 0.668. The molecule has 0 saturated heterocycles. The number of benzene rings is 2. The Balaban J connectivity index is 2.51. The first-order chi connectivity index (χ1) is 9.70. The van der Waals surface area contributed by atoms with Crippen LogP contribution in [0, 0.1) is 6.92 Å². The number of aryl methyl sites for hydroxylation is 1. The van der Waals surface area contributed by atoms with Gasteiger partial charge in [-0.05, 0) is 68.6 Å². The minimum absolute atomic E-state index is 0.0130. The van der Waals surface area contributed by atoms with Crippen molar-refractivity contribution in [3.8, 4) is 0 Å². The molecule has 8 heteroatoms. The number of halogens is 3. The lowest BCUT2D eigenvalue weighted by atomic mass is 10.2. The molecule has 0 unspecified atom stereocenters. The fourth-order valence-electron chi connectivity index (χ4n) is 1.70. The summed E-state index contributed by atoms with van der Waals surface area (Å²) in [5.41, 5.74) is 7.36. The maximum atomic E-state index is 12.5. The SMILES string of the molecule is Cc1ccc(Br)c(NS(=O)(=O)c2cc(Cl)cc(N)c2Br)c1. The zero-order valence-electron chi connectivity index (χ0n) is 10.8. The summed E-state index contributed by atoms with van der Waals surface area (Å²) in [5.74, 6) is 0. The normalized spacial score (nSPS) is 11.4. The Bertz CT molecular complexity index is 810. The van der Waals surface area contributed by atoms with Gasteiger partial charge in [0, 0.05) is 15.2 Å². The van der Waals surface area contributed by atoms with Crippen LogP contribution in [0.5, 0.6) is 0 Å². The van der Waals surface area contributed by atoms with Crippen molar-refractivity contribution in [3.63, 3.8) is 0 Å². The van der Waals surface area contributed by atoms with Crippen LogP contribution in [0.3, 0.4) is 0 Å². The smallest absolute Gasteiger partial charge is 0.263 e. The molecule has 2 aromatic rings. The van der Waals surface area contributed by atoms with Gasteiger partial charge < -0.3 is 5.73 Å².